The zero-order valence-electron chi connectivity index (χ0n) is 19.1. The summed E-state index contributed by atoms with van der Waals surface area (Å²) >= 11 is 0.839. The lowest BCUT2D eigenvalue weighted by molar-refractivity contribution is 0.0783. The van der Waals surface area contributed by atoms with Crippen molar-refractivity contribution >= 4 is 33.0 Å². The number of hydrogen-bond donors (Lipinski definition) is 3. The Hall–Kier alpha value is -3.06. The molecular formula is C21H25FN6O3S2. The summed E-state index contributed by atoms with van der Waals surface area (Å²) in [6.45, 7) is 10.0. The van der Waals surface area contributed by atoms with E-state index in [1.807, 2.05) is 24.6 Å². The van der Waals surface area contributed by atoms with Gasteiger partial charge in [0.1, 0.15) is 26.7 Å². The first-order valence-electron chi connectivity index (χ1n) is 9.94. The van der Waals surface area contributed by atoms with Gasteiger partial charge in [0.2, 0.25) is 0 Å². The van der Waals surface area contributed by atoms with Crippen LogP contribution in [0.4, 0.5) is 14.9 Å². The number of nitriles is 2. The Kier molecular flexibility index (Phi) is 7.80. The molecule has 0 fully saturated rings. The molecule has 0 aliphatic heterocycles. The molecule has 2 rings (SSSR count). The molecule has 33 heavy (non-hydrogen) atoms. The van der Waals surface area contributed by atoms with Crippen LogP contribution < -0.4 is 10.0 Å². The zero-order chi connectivity index (χ0) is 25.1. The minimum atomic E-state index is -3.77. The molecule has 0 spiro atoms. The van der Waals surface area contributed by atoms with Crippen LogP contribution in [0.3, 0.4) is 0 Å². The van der Waals surface area contributed by atoms with E-state index in [1.54, 1.807) is 13.8 Å². The smallest absolute Gasteiger partial charge is 0.355 e. The summed E-state index contributed by atoms with van der Waals surface area (Å²) in [6.07, 6.45) is 2.70. The predicted octanol–water partition coefficient (Wildman–Crippen LogP) is 4.67. The summed E-state index contributed by atoms with van der Waals surface area (Å²) in [5.74, 6) is -1.31. The summed E-state index contributed by atoms with van der Waals surface area (Å²) in [7, 11) is -3.77. The minimum Gasteiger partial charge on any atom is -0.383 e. The molecule has 0 aliphatic carbocycles. The lowest BCUT2D eigenvalue weighted by atomic mass is 9.90. The highest BCUT2D eigenvalue weighted by Crippen LogP contribution is 2.36. The molecule has 0 aliphatic rings. The Balaban J connectivity index is 2.63. The minimum absolute atomic E-state index is 0.0319. The topological polar surface area (TPSA) is 151 Å². The van der Waals surface area contributed by atoms with E-state index < -0.39 is 27.4 Å². The van der Waals surface area contributed by atoms with Gasteiger partial charge in [0.15, 0.2) is 16.1 Å². The van der Waals surface area contributed by atoms with Crippen LogP contribution in [-0.4, -0.2) is 20.3 Å². The number of benzene rings is 1. The Bertz CT molecular complexity index is 1270. The number of amides is 2. The van der Waals surface area contributed by atoms with Crippen molar-refractivity contribution in [3.05, 3.63) is 39.8 Å². The molecule has 1 unspecified atom stereocenters. The van der Waals surface area contributed by atoms with Crippen LogP contribution >= 0.6 is 11.3 Å². The molecule has 1 heterocycles. The van der Waals surface area contributed by atoms with Gasteiger partial charge in [-0.2, -0.15) is 10.5 Å². The Morgan fingerprint density at radius 1 is 1.30 bits per heavy atom. The number of aromatic nitrogens is 1. The molecule has 0 bridgehead atoms. The molecule has 0 saturated heterocycles. The van der Waals surface area contributed by atoms with Crippen molar-refractivity contribution in [1.29, 1.82) is 10.5 Å². The van der Waals surface area contributed by atoms with Crippen molar-refractivity contribution in [2.75, 3.05) is 5.32 Å². The SMILES string of the molecule is CC(C)c1cc(C#N)c(F)c(C(C)C)c1NC(=O)N=S(=O)(NC#N)c1cnc(C(C)(C)O)s1. The van der Waals surface area contributed by atoms with E-state index in [2.05, 4.69) is 14.7 Å². The molecule has 0 saturated carbocycles. The fraction of sp³-hybridized carbons (Fsp3) is 0.429. The molecule has 9 nitrogen and oxygen atoms in total. The highest BCUT2D eigenvalue weighted by atomic mass is 32.2. The lowest BCUT2D eigenvalue weighted by Crippen LogP contribution is -2.22. The van der Waals surface area contributed by atoms with Crippen molar-refractivity contribution in [2.24, 2.45) is 4.36 Å². The van der Waals surface area contributed by atoms with E-state index in [4.69, 9.17) is 5.26 Å². The number of nitrogens with zero attached hydrogens (tertiary/aromatic N) is 4. The monoisotopic (exact) mass is 492 g/mol. The first-order chi connectivity index (χ1) is 15.2. The fourth-order valence-electron chi connectivity index (χ4n) is 3.02. The second kappa shape index (κ2) is 9.83. The first-order valence-corrected chi connectivity index (χ1v) is 12.3. The van der Waals surface area contributed by atoms with E-state index in [-0.39, 0.29) is 37.9 Å². The standard InChI is InChI=1S/C21H25FN6O3S2/c1-11(2)14-7-13(8-23)17(22)16(12(3)4)18(14)27-20(29)28-33(31,26-10-24)15-9-25-19(32-15)21(5,6)30/h7,9,11-12,30H,1-6H3,(H2,26,27,28,29,31). The van der Waals surface area contributed by atoms with E-state index >= 15 is 0 Å². The van der Waals surface area contributed by atoms with Gasteiger partial charge in [-0.05, 0) is 37.3 Å². The number of hydrogen-bond acceptors (Lipinski definition) is 7. The number of carbonyl (C=O) groups is 1. The summed E-state index contributed by atoms with van der Waals surface area (Å²) in [5, 5.41) is 31.2. The maximum atomic E-state index is 15.0. The molecule has 1 aromatic heterocycles. The number of nitrogens with one attached hydrogen (secondary N) is 2. The van der Waals surface area contributed by atoms with E-state index in [0.717, 1.165) is 11.3 Å². The quantitative estimate of drug-likeness (QED) is 0.393. The van der Waals surface area contributed by atoms with E-state index in [9.17, 15) is 23.8 Å². The van der Waals surface area contributed by atoms with E-state index in [0.29, 0.717) is 5.56 Å². The number of aliphatic hydroxyl groups is 1. The van der Waals surface area contributed by atoms with Gasteiger partial charge in [-0.1, -0.05) is 27.7 Å². The number of halogens is 1. The Labute approximate surface area is 196 Å². The summed E-state index contributed by atoms with van der Waals surface area (Å²) in [6, 6.07) is 2.12. The number of thiazole rings is 1. The van der Waals surface area contributed by atoms with Crippen molar-refractivity contribution in [3.63, 3.8) is 0 Å². The number of rotatable bonds is 6. The maximum Gasteiger partial charge on any atom is 0.355 e. The number of carbonyl (C=O) groups excluding carboxylic acids is 1. The maximum absolute atomic E-state index is 15.0. The molecule has 176 valence electrons. The second-order valence-electron chi connectivity index (χ2n) is 8.34. The summed E-state index contributed by atoms with van der Waals surface area (Å²) in [5.41, 5.74) is -0.678. The third-order valence-corrected chi connectivity index (χ3v) is 8.03. The predicted molar refractivity (Wildman–Crippen MR) is 123 cm³/mol. The van der Waals surface area contributed by atoms with Gasteiger partial charge in [-0.15, -0.1) is 15.7 Å². The second-order valence-corrected chi connectivity index (χ2v) is 11.5. The molecule has 2 amide bonds. The zero-order valence-corrected chi connectivity index (χ0v) is 20.7. The van der Waals surface area contributed by atoms with Gasteiger partial charge in [-0.25, -0.2) is 23.1 Å². The van der Waals surface area contributed by atoms with Crippen LogP contribution in [0.25, 0.3) is 0 Å². The average Bonchev–Trinajstić information content (AvgIpc) is 3.19. The van der Waals surface area contributed by atoms with Crippen molar-refractivity contribution in [3.8, 4) is 12.3 Å². The van der Waals surface area contributed by atoms with Gasteiger partial charge in [0.05, 0.1) is 17.4 Å². The highest BCUT2D eigenvalue weighted by Gasteiger charge is 2.27. The lowest BCUT2D eigenvalue weighted by Gasteiger charge is -2.21. The third-order valence-electron chi connectivity index (χ3n) is 4.56. The highest BCUT2D eigenvalue weighted by molar-refractivity contribution is 7.94. The molecule has 12 heteroatoms. The van der Waals surface area contributed by atoms with Gasteiger partial charge in [-0.3, -0.25) is 0 Å². The third kappa shape index (κ3) is 5.66. The van der Waals surface area contributed by atoms with E-state index in [1.165, 1.54) is 32.3 Å². The molecule has 1 atom stereocenters. The normalized spacial score (nSPS) is 13.2. The van der Waals surface area contributed by atoms with Crippen LogP contribution in [0, 0.1) is 28.6 Å². The van der Waals surface area contributed by atoms with Crippen LogP contribution in [0.5, 0.6) is 0 Å². The van der Waals surface area contributed by atoms with Gasteiger partial charge in [0.25, 0.3) is 0 Å². The van der Waals surface area contributed by atoms with Crippen LogP contribution in [0.1, 0.15) is 75.1 Å². The Morgan fingerprint density at radius 3 is 2.39 bits per heavy atom. The number of anilines is 1. The van der Waals surface area contributed by atoms with Crippen molar-refractivity contribution in [2.45, 2.75) is 63.2 Å². The average molecular weight is 493 g/mol. The molecule has 2 aromatic rings. The van der Waals surface area contributed by atoms with Gasteiger partial charge >= 0.3 is 6.03 Å². The summed E-state index contributed by atoms with van der Waals surface area (Å²) in [4.78, 5) is 16.8. The van der Waals surface area contributed by atoms with Crippen LogP contribution in [-0.2, 0) is 15.5 Å². The van der Waals surface area contributed by atoms with Gasteiger partial charge < -0.3 is 10.4 Å². The van der Waals surface area contributed by atoms with Crippen LogP contribution in [0.2, 0.25) is 0 Å². The number of urea groups is 1. The first kappa shape index (κ1) is 26.2. The van der Waals surface area contributed by atoms with Crippen molar-refractivity contribution < 1.29 is 18.5 Å². The van der Waals surface area contributed by atoms with Crippen LogP contribution in [0.15, 0.2) is 20.8 Å². The van der Waals surface area contributed by atoms with Crippen molar-refractivity contribution in [1.82, 2.24) is 9.71 Å². The van der Waals surface area contributed by atoms with Gasteiger partial charge in [0, 0.05) is 5.56 Å². The molecule has 0 radical (unpaired) electrons. The molecule has 1 aromatic carbocycles. The Morgan fingerprint density at radius 2 is 1.94 bits per heavy atom. The fourth-order valence-corrected chi connectivity index (χ4v) is 5.43. The molecule has 3 N–H and O–H groups in total. The summed E-state index contributed by atoms with van der Waals surface area (Å²) < 4.78 is 34.0. The molecular weight excluding hydrogens is 467 g/mol. The largest absolute Gasteiger partial charge is 0.383 e.